The molecule has 0 amide bonds. The number of thiazole rings is 1. The van der Waals surface area contributed by atoms with Gasteiger partial charge in [-0.3, -0.25) is 0 Å². The molecular formula is C16H13ClN2OS. The number of ether oxygens (including phenoxy) is 1. The quantitative estimate of drug-likeness (QED) is 0.709. The molecule has 3 nitrogen and oxygen atoms in total. The molecule has 0 bridgehead atoms. The molecule has 0 spiro atoms. The van der Waals surface area contributed by atoms with Crippen molar-refractivity contribution in [3.8, 4) is 5.75 Å². The van der Waals surface area contributed by atoms with Crippen LogP contribution in [0.25, 0.3) is 0 Å². The Balaban J connectivity index is 1.65. The van der Waals surface area contributed by atoms with Crippen LogP contribution in [0.2, 0.25) is 5.15 Å². The molecule has 3 aromatic rings. The van der Waals surface area contributed by atoms with Gasteiger partial charge < -0.3 is 10.1 Å². The van der Waals surface area contributed by atoms with Crippen molar-refractivity contribution in [3.63, 3.8) is 0 Å². The van der Waals surface area contributed by atoms with Crippen LogP contribution in [-0.4, -0.2) is 4.98 Å². The summed E-state index contributed by atoms with van der Waals surface area (Å²) in [7, 11) is 0. The second kappa shape index (κ2) is 6.61. The van der Waals surface area contributed by atoms with E-state index < -0.39 is 0 Å². The average Bonchev–Trinajstić information content (AvgIpc) is 2.92. The first-order chi connectivity index (χ1) is 10.3. The van der Waals surface area contributed by atoms with Crippen molar-refractivity contribution >= 4 is 33.8 Å². The third kappa shape index (κ3) is 3.97. The number of hydrogen-bond donors (Lipinski definition) is 1. The summed E-state index contributed by atoms with van der Waals surface area (Å²) in [4.78, 5) is 4.16. The molecule has 0 aliphatic carbocycles. The van der Waals surface area contributed by atoms with E-state index in [1.54, 1.807) is 5.38 Å². The van der Waals surface area contributed by atoms with E-state index in [9.17, 15) is 0 Å². The Labute approximate surface area is 132 Å². The second-order valence-electron chi connectivity index (χ2n) is 4.40. The van der Waals surface area contributed by atoms with Crippen LogP contribution in [0, 0.1) is 0 Å². The topological polar surface area (TPSA) is 34.1 Å². The lowest BCUT2D eigenvalue weighted by Gasteiger charge is -2.08. The van der Waals surface area contributed by atoms with Gasteiger partial charge in [-0.25, -0.2) is 4.98 Å². The Hall–Kier alpha value is -2.04. The number of aromatic nitrogens is 1. The van der Waals surface area contributed by atoms with Crippen molar-refractivity contribution in [2.75, 3.05) is 5.32 Å². The third-order valence-corrected chi connectivity index (χ3v) is 3.89. The minimum atomic E-state index is 0.499. The van der Waals surface area contributed by atoms with E-state index >= 15 is 0 Å². The first kappa shape index (κ1) is 13.9. The highest BCUT2D eigenvalue weighted by Gasteiger charge is 2.02. The van der Waals surface area contributed by atoms with Gasteiger partial charge in [0.2, 0.25) is 0 Å². The van der Waals surface area contributed by atoms with Gasteiger partial charge in [-0.2, -0.15) is 0 Å². The minimum Gasteiger partial charge on any atom is -0.489 e. The maximum absolute atomic E-state index is 5.81. The molecule has 1 heterocycles. The highest BCUT2D eigenvalue weighted by atomic mass is 35.5. The Morgan fingerprint density at radius 2 is 1.95 bits per heavy atom. The zero-order valence-electron chi connectivity index (χ0n) is 11.1. The molecule has 3 rings (SSSR count). The molecule has 0 unspecified atom stereocenters. The van der Waals surface area contributed by atoms with Crippen LogP contribution in [0.1, 0.15) is 5.56 Å². The maximum Gasteiger partial charge on any atom is 0.188 e. The molecule has 0 saturated carbocycles. The molecule has 1 aromatic heterocycles. The molecule has 0 aliphatic rings. The first-order valence-corrected chi connectivity index (χ1v) is 7.70. The van der Waals surface area contributed by atoms with Crippen molar-refractivity contribution in [3.05, 3.63) is 70.7 Å². The number of hydrogen-bond acceptors (Lipinski definition) is 4. The van der Waals surface area contributed by atoms with E-state index in [0.29, 0.717) is 11.8 Å². The Morgan fingerprint density at radius 3 is 2.71 bits per heavy atom. The highest BCUT2D eigenvalue weighted by molar-refractivity contribution is 7.14. The minimum absolute atomic E-state index is 0.499. The number of rotatable bonds is 5. The number of nitrogens with zero attached hydrogens (tertiary/aromatic N) is 1. The highest BCUT2D eigenvalue weighted by Crippen LogP contribution is 2.25. The van der Waals surface area contributed by atoms with Crippen molar-refractivity contribution < 1.29 is 4.74 Å². The van der Waals surface area contributed by atoms with Crippen LogP contribution in [-0.2, 0) is 6.61 Å². The van der Waals surface area contributed by atoms with Gasteiger partial charge in [0.25, 0.3) is 0 Å². The third-order valence-electron chi connectivity index (χ3n) is 2.81. The Morgan fingerprint density at radius 1 is 1.10 bits per heavy atom. The lowest BCUT2D eigenvalue weighted by molar-refractivity contribution is 0.306. The smallest absolute Gasteiger partial charge is 0.188 e. The molecule has 106 valence electrons. The van der Waals surface area contributed by atoms with Crippen molar-refractivity contribution in [2.24, 2.45) is 0 Å². The fourth-order valence-electron chi connectivity index (χ4n) is 1.84. The van der Waals surface area contributed by atoms with Gasteiger partial charge in [-0.05, 0) is 17.7 Å². The molecule has 0 fully saturated rings. The van der Waals surface area contributed by atoms with Crippen molar-refractivity contribution in [2.45, 2.75) is 6.61 Å². The summed E-state index contributed by atoms with van der Waals surface area (Å²) in [6, 6.07) is 17.9. The van der Waals surface area contributed by atoms with Crippen LogP contribution >= 0.6 is 22.9 Å². The van der Waals surface area contributed by atoms with Crippen molar-refractivity contribution in [1.82, 2.24) is 4.98 Å². The SMILES string of the molecule is Clc1csc(Nc2cccc(OCc3ccccc3)c2)n1. The van der Waals surface area contributed by atoms with Crippen LogP contribution in [0.5, 0.6) is 5.75 Å². The van der Waals surface area contributed by atoms with Gasteiger partial charge in [0.05, 0.1) is 0 Å². The monoisotopic (exact) mass is 316 g/mol. The van der Waals surface area contributed by atoms with Gasteiger partial charge in [-0.15, -0.1) is 11.3 Å². The van der Waals surface area contributed by atoms with Crippen molar-refractivity contribution in [1.29, 1.82) is 0 Å². The molecule has 0 radical (unpaired) electrons. The van der Waals surface area contributed by atoms with Crippen LogP contribution in [0.3, 0.4) is 0 Å². The van der Waals surface area contributed by atoms with E-state index in [1.807, 2.05) is 54.6 Å². The van der Waals surface area contributed by atoms with Gasteiger partial charge >= 0.3 is 0 Å². The van der Waals surface area contributed by atoms with E-state index in [1.165, 1.54) is 11.3 Å². The summed E-state index contributed by atoms with van der Waals surface area (Å²) in [5, 5.41) is 6.26. The van der Waals surface area contributed by atoms with Crippen LogP contribution < -0.4 is 10.1 Å². The standard InChI is InChI=1S/C16H13ClN2OS/c17-15-11-21-16(19-15)18-13-7-4-8-14(9-13)20-10-12-5-2-1-3-6-12/h1-9,11H,10H2,(H,18,19). The van der Waals surface area contributed by atoms with E-state index in [2.05, 4.69) is 10.3 Å². The largest absolute Gasteiger partial charge is 0.489 e. The van der Waals surface area contributed by atoms with E-state index in [4.69, 9.17) is 16.3 Å². The van der Waals surface area contributed by atoms with E-state index in [-0.39, 0.29) is 0 Å². The normalized spacial score (nSPS) is 10.3. The van der Waals surface area contributed by atoms with Gasteiger partial charge in [0.15, 0.2) is 5.13 Å². The number of benzene rings is 2. The lowest BCUT2D eigenvalue weighted by atomic mass is 10.2. The molecule has 21 heavy (non-hydrogen) atoms. The Kier molecular flexibility index (Phi) is 4.38. The molecular weight excluding hydrogens is 304 g/mol. The number of halogens is 1. The Bertz CT molecular complexity index is 715. The van der Waals surface area contributed by atoms with Crippen LogP contribution in [0.4, 0.5) is 10.8 Å². The zero-order chi connectivity index (χ0) is 14.5. The summed E-state index contributed by atoms with van der Waals surface area (Å²) in [6.45, 7) is 0.549. The fraction of sp³-hybridized carbons (Fsp3) is 0.0625. The fourth-order valence-corrected chi connectivity index (χ4v) is 2.70. The summed E-state index contributed by atoms with van der Waals surface area (Å²) in [5.74, 6) is 0.812. The molecule has 0 saturated heterocycles. The van der Waals surface area contributed by atoms with Gasteiger partial charge in [0.1, 0.15) is 17.5 Å². The number of nitrogens with one attached hydrogen (secondary N) is 1. The lowest BCUT2D eigenvalue weighted by Crippen LogP contribution is -1.96. The van der Waals surface area contributed by atoms with Crippen LogP contribution in [0.15, 0.2) is 60.0 Å². The summed E-state index contributed by atoms with van der Waals surface area (Å²) < 4.78 is 5.79. The first-order valence-electron chi connectivity index (χ1n) is 6.44. The molecule has 1 N–H and O–H groups in total. The molecule has 0 atom stereocenters. The second-order valence-corrected chi connectivity index (χ2v) is 5.65. The zero-order valence-corrected chi connectivity index (χ0v) is 12.7. The summed E-state index contributed by atoms with van der Waals surface area (Å²) in [5.41, 5.74) is 2.06. The maximum atomic E-state index is 5.81. The average molecular weight is 317 g/mol. The summed E-state index contributed by atoms with van der Waals surface area (Å²) >= 11 is 7.28. The molecule has 5 heteroatoms. The molecule has 0 aliphatic heterocycles. The molecule has 2 aromatic carbocycles. The predicted octanol–water partition coefficient (Wildman–Crippen LogP) is 5.12. The summed E-state index contributed by atoms with van der Waals surface area (Å²) in [6.07, 6.45) is 0. The van der Waals surface area contributed by atoms with E-state index in [0.717, 1.165) is 22.1 Å². The van der Waals surface area contributed by atoms with Gasteiger partial charge in [-0.1, -0.05) is 48.0 Å². The number of anilines is 2. The predicted molar refractivity (Wildman–Crippen MR) is 87.6 cm³/mol. The van der Waals surface area contributed by atoms with Gasteiger partial charge in [0, 0.05) is 17.1 Å².